The van der Waals surface area contributed by atoms with E-state index in [-0.39, 0.29) is 17.8 Å². The Bertz CT molecular complexity index is 1590. The third-order valence-corrected chi connectivity index (χ3v) is 9.23. The van der Waals surface area contributed by atoms with E-state index in [1.165, 1.54) is 16.0 Å². The first kappa shape index (κ1) is 22.7. The summed E-state index contributed by atoms with van der Waals surface area (Å²) >= 11 is 1.71. The van der Waals surface area contributed by atoms with Gasteiger partial charge in [0.2, 0.25) is 0 Å². The van der Waals surface area contributed by atoms with Gasteiger partial charge in [-0.2, -0.15) is 0 Å². The molecule has 7 rings (SSSR count). The molecule has 1 heterocycles. The van der Waals surface area contributed by atoms with E-state index >= 15 is 4.39 Å². The highest BCUT2D eigenvalue weighted by atomic mass is 32.1. The van der Waals surface area contributed by atoms with Crippen LogP contribution in [-0.2, 0) is 12.8 Å². The van der Waals surface area contributed by atoms with Crippen molar-refractivity contribution in [2.45, 2.75) is 32.2 Å². The second-order valence-corrected chi connectivity index (χ2v) is 11.9. The quantitative estimate of drug-likeness (QED) is 0.270. The van der Waals surface area contributed by atoms with Crippen molar-refractivity contribution in [3.05, 3.63) is 118 Å². The Morgan fingerprint density at radius 3 is 2.41 bits per heavy atom. The minimum atomic E-state index is -0.154. The number of thiophene rings is 1. The van der Waals surface area contributed by atoms with Crippen LogP contribution >= 0.6 is 11.3 Å². The van der Waals surface area contributed by atoms with Crippen molar-refractivity contribution in [3.8, 4) is 10.4 Å². The number of fused-ring (bicyclic) bond motifs is 3. The Hall–Kier alpha value is -3.50. The third-order valence-electron chi connectivity index (χ3n) is 8.19. The van der Waals surface area contributed by atoms with E-state index in [1.54, 1.807) is 17.4 Å². The van der Waals surface area contributed by atoms with Gasteiger partial charge in [-0.3, -0.25) is 4.79 Å². The van der Waals surface area contributed by atoms with Crippen molar-refractivity contribution in [1.29, 1.82) is 0 Å². The molecular formula is C33H28FNOS. The molecule has 2 nitrogen and oxygen atoms in total. The summed E-state index contributed by atoms with van der Waals surface area (Å²) in [5.41, 5.74) is 4.91. The highest BCUT2D eigenvalue weighted by molar-refractivity contribution is 7.15. The zero-order chi connectivity index (χ0) is 25.1. The Morgan fingerprint density at radius 1 is 0.919 bits per heavy atom. The third kappa shape index (κ3) is 4.04. The normalized spacial score (nSPS) is 20.3. The van der Waals surface area contributed by atoms with Crippen LogP contribution in [0, 0.1) is 18.8 Å². The van der Waals surface area contributed by atoms with Crippen LogP contribution < -0.4 is 0 Å². The number of halogens is 1. The summed E-state index contributed by atoms with van der Waals surface area (Å²) in [6.45, 7) is 2.39. The summed E-state index contributed by atoms with van der Waals surface area (Å²) in [5, 5.41) is 1.99. The maximum atomic E-state index is 15.2. The Balaban J connectivity index is 1.35. The topological polar surface area (TPSA) is 20.3 Å². The zero-order valence-electron chi connectivity index (χ0n) is 20.8. The Kier molecular flexibility index (Phi) is 5.40. The molecule has 1 amide bonds. The summed E-state index contributed by atoms with van der Waals surface area (Å²) < 4.78 is 15.2. The van der Waals surface area contributed by atoms with Crippen molar-refractivity contribution >= 4 is 28.0 Å². The molecular weight excluding hydrogens is 477 g/mol. The highest BCUT2D eigenvalue weighted by Crippen LogP contribution is 2.47. The standard InChI is InChI=1S/C33H28FNOS/c1-20-10-13-31(37-20)29-12-11-21-6-4-5-9-28(21)32(29)33(36)35(19-26-15-24-14-25(24)18-30(26)34)27-16-22-7-2-3-8-23(22)17-27/h2-13,15,18,24-25,27H,14,16-17,19H2,1H3. The minimum Gasteiger partial charge on any atom is -0.331 e. The van der Waals surface area contributed by atoms with E-state index in [0.717, 1.165) is 46.0 Å². The van der Waals surface area contributed by atoms with E-state index < -0.39 is 0 Å². The van der Waals surface area contributed by atoms with Crippen LogP contribution in [0.1, 0.15) is 32.8 Å². The highest BCUT2D eigenvalue weighted by Gasteiger charge is 2.39. The van der Waals surface area contributed by atoms with E-state index in [1.807, 2.05) is 23.1 Å². The summed E-state index contributed by atoms with van der Waals surface area (Å²) in [4.78, 5) is 19.0. The monoisotopic (exact) mass is 505 g/mol. The minimum absolute atomic E-state index is 0.00702. The van der Waals surface area contributed by atoms with Gasteiger partial charge >= 0.3 is 0 Å². The SMILES string of the molecule is Cc1ccc(-c2ccc3ccccc3c2C(=O)N(CC2=CC3CC3C=C2F)C2Cc3ccccc3C2)s1. The molecule has 1 aromatic heterocycles. The Morgan fingerprint density at radius 2 is 1.65 bits per heavy atom. The zero-order valence-corrected chi connectivity index (χ0v) is 21.6. The molecule has 0 N–H and O–H groups in total. The van der Waals surface area contributed by atoms with Gasteiger partial charge in [0.25, 0.3) is 5.91 Å². The van der Waals surface area contributed by atoms with Gasteiger partial charge in [0, 0.05) is 33.5 Å². The van der Waals surface area contributed by atoms with Gasteiger partial charge in [-0.25, -0.2) is 4.39 Å². The molecule has 0 aliphatic heterocycles. The second-order valence-electron chi connectivity index (χ2n) is 10.7. The number of amides is 1. The van der Waals surface area contributed by atoms with Crippen LogP contribution in [-0.4, -0.2) is 23.4 Å². The van der Waals surface area contributed by atoms with Crippen LogP contribution in [0.4, 0.5) is 4.39 Å². The summed E-state index contributed by atoms with van der Waals surface area (Å²) in [6.07, 6.45) is 6.46. The fraction of sp³-hybridized carbons (Fsp3) is 0.242. The summed E-state index contributed by atoms with van der Waals surface area (Å²) in [7, 11) is 0. The van der Waals surface area contributed by atoms with Gasteiger partial charge < -0.3 is 4.90 Å². The molecule has 4 aromatic rings. The molecule has 2 unspecified atom stereocenters. The lowest BCUT2D eigenvalue weighted by Crippen LogP contribution is -2.42. The fourth-order valence-corrected chi connectivity index (χ4v) is 7.02. The molecule has 0 bridgehead atoms. The van der Waals surface area contributed by atoms with Crippen LogP contribution in [0.2, 0.25) is 0 Å². The molecule has 184 valence electrons. The van der Waals surface area contributed by atoms with Gasteiger partial charge in [0.05, 0.1) is 5.56 Å². The van der Waals surface area contributed by atoms with Crippen molar-refractivity contribution in [2.24, 2.45) is 11.8 Å². The number of nitrogens with zero attached hydrogens (tertiary/aromatic N) is 1. The second kappa shape index (κ2) is 8.81. The molecule has 37 heavy (non-hydrogen) atoms. The summed E-state index contributed by atoms with van der Waals surface area (Å²) in [6, 6.07) is 24.9. The first-order valence-corrected chi connectivity index (χ1v) is 13.9. The molecule has 0 spiro atoms. The fourth-order valence-electron chi connectivity index (χ4n) is 6.12. The maximum Gasteiger partial charge on any atom is 0.255 e. The van der Waals surface area contributed by atoms with Crippen molar-refractivity contribution < 1.29 is 9.18 Å². The number of benzene rings is 3. The molecule has 1 saturated carbocycles. The predicted molar refractivity (Wildman–Crippen MR) is 150 cm³/mol. The van der Waals surface area contributed by atoms with Gasteiger partial charge in [0.15, 0.2) is 0 Å². The molecule has 3 aliphatic carbocycles. The van der Waals surface area contributed by atoms with Crippen molar-refractivity contribution in [2.75, 3.05) is 6.54 Å². The number of hydrogen-bond acceptors (Lipinski definition) is 2. The van der Waals surface area contributed by atoms with E-state index in [2.05, 4.69) is 67.6 Å². The average molecular weight is 506 g/mol. The van der Waals surface area contributed by atoms with E-state index in [9.17, 15) is 4.79 Å². The first-order chi connectivity index (χ1) is 18.0. The number of carbonyl (C=O) groups is 1. The van der Waals surface area contributed by atoms with Gasteiger partial charge in [-0.05, 0) is 78.1 Å². The van der Waals surface area contributed by atoms with E-state index in [0.29, 0.717) is 24.0 Å². The van der Waals surface area contributed by atoms with Crippen LogP contribution in [0.25, 0.3) is 21.2 Å². The molecule has 4 heteroatoms. The smallest absolute Gasteiger partial charge is 0.255 e. The molecule has 1 fully saturated rings. The maximum absolute atomic E-state index is 15.2. The number of allylic oxidation sites excluding steroid dienone is 2. The lowest BCUT2D eigenvalue weighted by atomic mass is 9.95. The van der Waals surface area contributed by atoms with Crippen molar-refractivity contribution in [3.63, 3.8) is 0 Å². The first-order valence-electron chi connectivity index (χ1n) is 13.1. The lowest BCUT2D eigenvalue weighted by Gasteiger charge is -2.31. The number of carbonyl (C=O) groups excluding carboxylic acids is 1. The van der Waals surface area contributed by atoms with Crippen LogP contribution in [0.5, 0.6) is 0 Å². The average Bonchev–Trinajstić information content (AvgIpc) is 3.30. The number of hydrogen-bond donors (Lipinski definition) is 0. The number of aryl methyl sites for hydroxylation is 1. The number of rotatable bonds is 5. The molecule has 3 aromatic carbocycles. The molecule has 2 atom stereocenters. The van der Waals surface area contributed by atoms with E-state index in [4.69, 9.17) is 0 Å². The predicted octanol–water partition coefficient (Wildman–Crippen LogP) is 7.92. The Labute approximate surface area is 220 Å². The lowest BCUT2D eigenvalue weighted by molar-refractivity contribution is 0.0706. The van der Waals surface area contributed by atoms with Crippen molar-refractivity contribution in [1.82, 2.24) is 4.90 Å². The largest absolute Gasteiger partial charge is 0.331 e. The van der Waals surface area contributed by atoms with Crippen LogP contribution in [0.15, 0.2) is 96.3 Å². The van der Waals surface area contributed by atoms with Gasteiger partial charge in [-0.15, -0.1) is 11.3 Å². The summed E-state index contributed by atoms with van der Waals surface area (Å²) in [5.74, 6) is 0.603. The molecule has 3 aliphatic rings. The molecule has 0 saturated heterocycles. The molecule has 0 radical (unpaired) electrons. The van der Waals surface area contributed by atoms with Gasteiger partial charge in [0.1, 0.15) is 5.83 Å². The van der Waals surface area contributed by atoms with Gasteiger partial charge in [-0.1, -0.05) is 66.7 Å². The van der Waals surface area contributed by atoms with Crippen LogP contribution in [0.3, 0.4) is 0 Å².